The second-order valence-corrected chi connectivity index (χ2v) is 5.49. The smallest absolute Gasteiger partial charge is 0.334 e. The average molecular weight is 294 g/mol. The lowest BCUT2D eigenvalue weighted by molar-refractivity contribution is -0.254. The predicted molar refractivity (Wildman–Crippen MR) is 71.0 cm³/mol. The summed E-state index contributed by atoms with van der Waals surface area (Å²) < 4.78 is 21.4. The third-order valence-electron chi connectivity index (χ3n) is 4.65. The van der Waals surface area contributed by atoms with Gasteiger partial charge in [0.2, 0.25) is 11.6 Å². The third-order valence-corrected chi connectivity index (χ3v) is 4.65. The minimum Gasteiger partial charge on any atom is -0.494 e. The Hall–Kier alpha value is -1.66. The number of methoxy groups -OCH3 is 3. The van der Waals surface area contributed by atoms with Crippen molar-refractivity contribution in [1.82, 2.24) is 0 Å². The van der Waals surface area contributed by atoms with Crippen LogP contribution in [-0.2, 0) is 28.5 Å². The van der Waals surface area contributed by atoms with Crippen LogP contribution in [0.1, 0.15) is 6.92 Å². The highest BCUT2D eigenvalue weighted by Crippen LogP contribution is 2.53. The van der Waals surface area contributed by atoms with Crippen molar-refractivity contribution >= 4 is 11.8 Å². The molecule has 0 aromatic carbocycles. The molecule has 3 aliphatic carbocycles. The maximum absolute atomic E-state index is 12.9. The van der Waals surface area contributed by atoms with Gasteiger partial charge in [-0.1, -0.05) is 6.08 Å². The van der Waals surface area contributed by atoms with Gasteiger partial charge in [0.1, 0.15) is 6.10 Å². The maximum atomic E-state index is 12.9. The van der Waals surface area contributed by atoms with Crippen LogP contribution in [0.3, 0.4) is 0 Å². The van der Waals surface area contributed by atoms with Gasteiger partial charge in [0, 0.05) is 25.7 Å². The first-order valence-electron chi connectivity index (χ1n) is 6.80. The first kappa shape index (κ1) is 14.3. The standard InChI is InChI=1S/C15H18O6/c1-7-5-8-11-9(14(17)18-2)6-10(12(8)21-7)15(19-3,20-4)13(11)16/h5-6,8,10-12H,1-4H3/t8-,10-,11-,12-/m0/s1. The molecule has 4 rings (SSSR count). The molecule has 21 heavy (non-hydrogen) atoms. The molecule has 4 aliphatic rings. The molecule has 0 N–H and O–H groups in total. The number of ketones is 1. The summed E-state index contributed by atoms with van der Waals surface area (Å²) >= 11 is 0. The number of hydrogen-bond acceptors (Lipinski definition) is 6. The second-order valence-electron chi connectivity index (χ2n) is 5.49. The zero-order chi connectivity index (χ0) is 15.4. The van der Waals surface area contributed by atoms with Crippen molar-refractivity contribution in [3.05, 3.63) is 23.5 Å². The van der Waals surface area contributed by atoms with E-state index >= 15 is 0 Å². The number of esters is 1. The van der Waals surface area contributed by atoms with Gasteiger partial charge in [0.25, 0.3) is 0 Å². The largest absolute Gasteiger partial charge is 0.494 e. The highest BCUT2D eigenvalue weighted by atomic mass is 16.7. The van der Waals surface area contributed by atoms with E-state index in [1.165, 1.54) is 21.3 Å². The quantitative estimate of drug-likeness (QED) is 0.567. The number of ether oxygens (including phenoxy) is 4. The van der Waals surface area contributed by atoms with Crippen molar-refractivity contribution in [1.29, 1.82) is 0 Å². The number of fused-ring (bicyclic) bond motifs is 1. The van der Waals surface area contributed by atoms with E-state index < -0.39 is 23.6 Å². The Morgan fingerprint density at radius 2 is 1.90 bits per heavy atom. The van der Waals surface area contributed by atoms with Crippen molar-refractivity contribution in [2.45, 2.75) is 18.8 Å². The molecule has 0 radical (unpaired) electrons. The topological polar surface area (TPSA) is 71.1 Å². The number of Topliss-reactive ketones (excluding diaryl/α,β-unsaturated/α-hetero) is 1. The van der Waals surface area contributed by atoms with Crippen LogP contribution in [0.15, 0.2) is 23.5 Å². The van der Waals surface area contributed by atoms with Gasteiger partial charge in [-0.05, 0) is 13.0 Å². The average Bonchev–Trinajstić information content (AvgIpc) is 2.88. The minimum absolute atomic E-state index is 0.181. The van der Waals surface area contributed by atoms with Crippen LogP contribution >= 0.6 is 0 Å². The SMILES string of the molecule is COC(=O)C1=C[C@H]2[C@H]3OC(C)=C[C@H]3[C@@H]1C(=O)C2(OC)OC. The van der Waals surface area contributed by atoms with Gasteiger partial charge in [-0.3, -0.25) is 4.79 Å². The summed E-state index contributed by atoms with van der Waals surface area (Å²) in [6.07, 6.45) is 3.34. The van der Waals surface area contributed by atoms with E-state index in [2.05, 4.69) is 0 Å². The number of allylic oxidation sites excluding steroid dienone is 1. The first-order valence-corrected chi connectivity index (χ1v) is 6.80. The molecule has 0 saturated heterocycles. The van der Waals surface area contributed by atoms with Crippen LogP contribution in [0.2, 0.25) is 0 Å². The molecule has 6 heteroatoms. The van der Waals surface area contributed by atoms with Crippen molar-refractivity contribution in [2.24, 2.45) is 17.8 Å². The number of hydrogen-bond donors (Lipinski definition) is 0. The minimum atomic E-state index is -1.40. The summed E-state index contributed by atoms with van der Waals surface area (Å²) in [4.78, 5) is 24.8. The lowest BCUT2D eigenvalue weighted by Crippen LogP contribution is -2.65. The monoisotopic (exact) mass is 294 g/mol. The van der Waals surface area contributed by atoms with Gasteiger partial charge in [-0.25, -0.2) is 4.79 Å². The molecular weight excluding hydrogens is 276 g/mol. The molecule has 1 aliphatic heterocycles. The van der Waals surface area contributed by atoms with Crippen molar-refractivity contribution < 1.29 is 28.5 Å². The second kappa shape index (κ2) is 4.68. The fourth-order valence-corrected chi connectivity index (χ4v) is 3.79. The summed E-state index contributed by atoms with van der Waals surface area (Å²) in [5.74, 6) is -2.73. The molecule has 1 saturated carbocycles. The molecule has 1 heterocycles. The van der Waals surface area contributed by atoms with Crippen LogP contribution in [0.4, 0.5) is 0 Å². The van der Waals surface area contributed by atoms with E-state index in [-0.39, 0.29) is 17.8 Å². The summed E-state index contributed by atoms with van der Waals surface area (Å²) in [7, 11) is 4.16. The molecule has 0 aromatic rings. The number of carbonyl (C=O) groups is 2. The molecule has 6 nitrogen and oxygen atoms in total. The van der Waals surface area contributed by atoms with E-state index in [9.17, 15) is 9.59 Å². The number of rotatable bonds is 3. The molecule has 0 unspecified atom stereocenters. The lowest BCUT2D eigenvalue weighted by atomic mass is 9.60. The Kier molecular flexibility index (Phi) is 3.18. The van der Waals surface area contributed by atoms with Crippen molar-refractivity contribution in [3.8, 4) is 0 Å². The van der Waals surface area contributed by atoms with E-state index in [1.54, 1.807) is 6.08 Å². The fraction of sp³-hybridized carbons (Fsp3) is 0.600. The molecule has 0 spiro atoms. The van der Waals surface area contributed by atoms with Gasteiger partial charge in [0.05, 0.1) is 24.7 Å². The molecule has 1 fully saturated rings. The van der Waals surface area contributed by atoms with Gasteiger partial charge < -0.3 is 18.9 Å². The van der Waals surface area contributed by atoms with Crippen LogP contribution in [0.25, 0.3) is 0 Å². The lowest BCUT2D eigenvalue weighted by Gasteiger charge is -2.50. The zero-order valence-electron chi connectivity index (χ0n) is 12.4. The predicted octanol–water partition coefficient (Wildman–Crippen LogP) is 0.822. The van der Waals surface area contributed by atoms with E-state index in [1.807, 2.05) is 13.0 Å². The Labute approximate surface area is 122 Å². The van der Waals surface area contributed by atoms with Gasteiger partial charge in [0.15, 0.2) is 0 Å². The molecular formula is C15H18O6. The Bertz CT molecular complexity index is 557. The summed E-state index contributed by atoms with van der Waals surface area (Å²) in [6, 6.07) is 0. The zero-order valence-corrected chi connectivity index (χ0v) is 12.4. The Morgan fingerprint density at radius 3 is 2.48 bits per heavy atom. The van der Waals surface area contributed by atoms with Crippen molar-refractivity contribution in [2.75, 3.05) is 21.3 Å². The maximum Gasteiger partial charge on any atom is 0.334 e. The Morgan fingerprint density at radius 1 is 1.24 bits per heavy atom. The van der Waals surface area contributed by atoms with E-state index in [0.29, 0.717) is 5.57 Å². The van der Waals surface area contributed by atoms with Gasteiger partial charge in [-0.2, -0.15) is 0 Å². The van der Waals surface area contributed by atoms with Gasteiger partial charge in [-0.15, -0.1) is 0 Å². The molecule has 2 bridgehead atoms. The highest BCUT2D eigenvalue weighted by molar-refractivity contribution is 6.03. The normalized spacial score (nSPS) is 35.7. The summed E-state index contributed by atoms with van der Waals surface area (Å²) in [6.45, 7) is 1.83. The summed E-state index contributed by atoms with van der Waals surface area (Å²) in [5, 5.41) is 0. The third kappa shape index (κ3) is 1.66. The molecule has 0 aromatic heterocycles. The van der Waals surface area contributed by atoms with Crippen LogP contribution in [-0.4, -0.2) is 45.0 Å². The molecule has 0 amide bonds. The molecule has 4 atom stereocenters. The van der Waals surface area contributed by atoms with Crippen LogP contribution in [0, 0.1) is 17.8 Å². The van der Waals surface area contributed by atoms with Crippen LogP contribution < -0.4 is 0 Å². The Balaban J connectivity index is 2.14. The first-order chi connectivity index (χ1) is 10.00. The highest BCUT2D eigenvalue weighted by Gasteiger charge is 2.66. The fourth-order valence-electron chi connectivity index (χ4n) is 3.79. The van der Waals surface area contributed by atoms with Crippen LogP contribution in [0.5, 0.6) is 0 Å². The van der Waals surface area contributed by atoms with Crippen molar-refractivity contribution in [3.63, 3.8) is 0 Å². The van der Waals surface area contributed by atoms with Gasteiger partial charge >= 0.3 is 5.97 Å². The molecule has 114 valence electrons. The number of carbonyl (C=O) groups excluding carboxylic acids is 2. The summed E-state index contributed by atoms with van der Waals surface area (Å²) in [5.41, 5.74) is 0.369. The van der Waals surface area contributed by atoms with E-state index in [4.69, 9.17) is 18.9 Å². The van der Waals surface area contributed by atoms with E-state index in [0.717, 1.165) is 5.76 Å².